The van der Waals surface area contributed by atoms with E-state index in [9.17, 15) is 5.21 Å². The molecule has 0 saturated carbocycles. The molecule has 0 aliphatic heterocycles. The van der Waals surface area contributed by atoms with Crippen LogP contribution < -0.4 is 0 Å². The molecule has 0 amide bonds. The van der Waals surface area contributed by atoms with Gasteiger partial charge in [0.1, 0.15) is 0 Å². The molecule has 0 heterocycles. The highest BCUT2D eigenvalue weighted by Gasteiger charge is 2.10. The molecule has 0 radical (unpaired) electrons. The van der Waals surface area contributed by atoms with Crippen LogP contribution in [0.15, 0.2) is 88.7 Å². The van der Waals surface area contributed by atoms with Gasteiger partial charge in [0.05, 0.1) is 0 Å². The number of benzene rings is 3. The molecule has 0 aliphatic rings. The zero-order valence-corrected chi connectivity index (χ0v) is 16.1. The molecule has 1 unspecified atom stereocenters. The van der Waals surface area contributed by atoms with Gasteiger partial charge in [0.15, 0.2) is 12.3 Å². The second-order valence-corrected chi connectivity index (χ2v) is 7.74. The lowest BCUT2D eigenvalue weighted by Gasteiger charge is -2.13. The van der Waals surface area contributed by atoms with Crippen molar-refractivity contribution in [3.8, 4) is 0 Å². The van der Waals surface area contributed by atoms with Crippen LogP contribution in [0.2, 0.25) is 5.02 Å². The predicted molar refractivity (Wildman–Crippen MR) is 110 cm³/mol. The molecule has 2 nitrogen and oxygen atoms in total. The topological polar surface area (TPSA) is 26.1 Å². The van der Waals surface area contributed by atoms with Crippen molar-refractivity contribution in [1.82, 2.24) is 0 Å². The normalized spacial score (nSPS) is 12.8. The van der Waals surface area contributed by atoms with E-state index in [2.05, 4.69) is 12.1 Å². The van der Waals surface area contributed by atoms with Crippen LogP contribution >= 0.6 is 23.4 Å². The summed E-state index contributed by atoms with van der Waals surface area (Å²) in [7, 11) is 0. The minimum absolute atomic E-state index is 0.144. The van der Waals surface area contributed by atoms with Crippen LogP contribution in [0, 0.1) is 5.21 Å². The summed E-state index contributed by atoms with van der Waals surface area (Å²) in [6, 6.07) is 25.8. The van der Waals surface area contributed by atoms with E-state index in [1.54, 1.807) is 18.0 Å². The van der Waals surface area contributed by atoms with E-state index in [-0.39, 0.29) is 6.04 Å². The van der Waals surface area contributed by atoms with E-state index in [4.69, 9.17) is 11.6 Å². The molecular formula is C22H20ClNOS. The first-order valence-corrected chi connectivity index (χ1v) is 9.67. The van der Waals surface area contributed by atoms with Crippen molar-refractivity contribution >= 4 is 29.6 Å². The zero-order valence-electron chi connectivity index (χ0n) is 14.5. The Balaban J connectivity index is 1.63. The molecule has 132 valence electrons. The quantitative estimate of drug-likeness (QED) is 0.225. The molecule has 26 heavy (non-hydrogen) atoms. The molecule has 0 fully saturated rings. The summed E-state index contributed by atoms with van der Waals surface area (Å²) in [5, 5.41) is 13.1. The Bertz CT molecular complexity index is 861. The van der Waals surface area contributed by atoms with E-state index < -0.39 is 0 Å². The third-order valence-corrected chi connectivity index (χ3v) is 5.28. The van der Waals surface area contributed by atoms with Gasteiger partial charge in [-0.25, -0.2) is 4.74 Å². The molecule has 0 spiro atoms. The summed E-state index contributed by atoms with van der Waals surface area (Å²) < 4.78 is 1.02. The first-order chi connectivity index (χ1) is 12.6. The number of hydrogen-bond donors (Lipinski definition) is 0. The highest BCUT2D eigenvalue weighted by Crippen LogP contribution is 2.27. The molecule has 0 saturated heterocycles. The van der Waals surface area contributed by atoms with Crippen molar-refractivity contribution < 1.29 is 4.74 Å². The van der Waals surface area contributed by atoms with E-state index in [1.807, 2.05) is 73.7 Å². The summed E-state index contributed by atoms with van der Waals surface area (Å²) in [4.78, 5) is 2.35. The summed E-state index contributed by atoms with van der Waals surface area (Å²) >= 11 is 7.61. The van der Waals surface area contributed by atoms with Gasteiger partial charge in [0, 0.05) is 26.8 Å². The SMILES string of the molecule is CC(Cc1ccc(Cl)cc1)/[N+]([O-])=C\c1ccc(Sc2ccccc2)cc1. The van der Waals surface area contributed by atoms with Gasteiger partial charge in [0.2, 0.25) is 0 Å². The van der Waals surface area contributed by atoms with E-state index in [0.29, 0.717) is 11.4 Å². The first-order valence-electron chi connectivity index (χ1n) is 8.48. The fourth-order valence-corrected chi connectivity index (χ4v) is 3.54. The third kappa shape index (κ3) is 5.38. The smallest absolute Gasteiger partial charge is 0.182 e. The van der Waals surface area contributed by atoms with Crippen LogP contribution in [0.25, 0.3) is 0 Å². The van der Waals surface area contributed by atoms with Crippen LogP contribution in [-0.4, -0.2) is 17.0 Å². The van der Waals surface area contributed by atoms with E-state index >= 15 is 0 Å². The van der Waals surface area contributed by atoms with Crippen molar-refractivity contribution in [2.24, 2.45) is 0 Å². The molecule has 4 heteroatoms. The lowest BCUT2D eigenvalue weighted by atomic mass is 10.1. The molecule has 1 atom stereocenters. The van der Waals surface area contributed by atoms with Gasteiger partial charge >= 0.3 is 0 Å². The lowest BCUT2D eigenvalue weighted by Crippen LogP contribution is -2.21. The maximum atomic E-state index is 12.4. The predicted octanol–water partition coefficient (Wildman–Crippen LogP) is 6.05. The Kier molecular flexibility index (Phi) is 6.37. The maximum absolute atomic E-state index is 12.4. The highest BCUT2D eigenvalue weighted by molar-refractivity contribution is 7.99. The molecular weight excluding hydrogens is 362 g/mol. The maximum Gasteiger partial charge on any atom is 0.182 e. The number of hydroxylamine groups is 1. The van der Waals surface area contributed by atoms with Crippen LogP contribution in [0.1, 0.15) is 18.1 Å². The van der Waals surface area contributed by atoms with Gasteiger partial charge in [-0.3, -0.25) is 0 Å². The van der Waals surface area contributed by atoms with Gasteiger partial charge in [-0.15, -0.1) is 0 Å². The van der Waals surface area contributed by atoms with Gasteiger partial charge in [-0.2, -0.15) is 0 Å². The van der Waals surface area contributed by atoms with Gasteiger partial charge < -0.3 is 5.21 Å². The minimum atomic E-state index is -0.144. The lowest BCUT2D eigenvalue weighted by molar-refractivity contribution is -0.491. The molecule has 0 aromatic heterocycles. The number of hydrogen-bond acceptors (Lipinski definition) is 2. The van der Waals surface area contributed by atoms with Gasteiger partial charge in [0.25, 0.3) is 0 Å². The van der Waals surface area contributed by atoms with Crippen LogP contribution in [0.3, 0.4) is 0 Å². The molecule has 3 rings (SSSR count). The minimum Gasteiger partial charge on any atom is -0.624 e. The van der Waals surface area contributed by atoms with Crippen LogP contribution in [-0.2, 0) is 6.42 Å². The van der Waals surface area contributed by atoms with Gasteiger partial charge in [-0.1, -0.05) is 53.7 Å². The largest absolute Gasteiger partial charge is 0.624 e. The Labute approximate surface area is 163 Å². The van der Waals surface area contributed by atoms with E-state index in [0.717, 1.165) is 20.8 Å². The van der Waals surface area contributed by atoms with Crippen molar-refractivity contribution in [2.75, 3.05) is 0 Å². The number of halogens is 1. The van der Waals surface area contributed by atoms with Crippen LogP contribution in [0.5, 0.6) is 0 Å². The van der Waals surface area contributed by atoms with Crippen molar-refractivity contribution in [1.29, 1.82) is 0 Å². The highest BCUT2D eigenvalue weighted by atomic mass is 35.5. The van der Waals surface area contributed by atoms with Gasteiger partial charge in [-0.05, 0) is 61.0 Å². The number of nitrogens with zero attached hydrogens (tertiary/aromatic N) is 1. The number of rotatable bonds is 6. The first kappa shape index (κ1) is 18.6. The second-order valence-electron chi connectivity index (χ2n) is 6.15. The van der Waals surface area contributed by atoms with Crippen molar-refractivity contribution in [3.63, 3.8) is 0 Å². The van der Waals surface area contributed by atoms with Crippen molar-refractivity contribution in [2.45, 2.75) is 29.2 Å². The molecule has 0 bridgehead atoms. The summed E-state index contributed by atoms with van der Waals surface area (Å²) in [6.07, 6.45) is 2.33. The summed E-state index contributed by atoms with van der Waals surface area (Å²) in [6.45, 7) is 1.93. The molecule has 0 aliphatic carbocycles. The Morgan fingerprint density at radius 1 is 0.923 bits per heavy atom. The fourth-order valence-electron chi connectivity index (χ4n) is 2.57. The Morgan fingerprint density at radius 3 is 2.19 bits per heavy atom. The molecule has 3 aromatic rings. The standard InChI is InChI=1S/C22H20ClNOS/c1-17(15-18-7-11-20(23)12-8-18)24(25)16-19-9-13-22(14-10-19)26-21-5-3-2-4-6-21/h2-14,16-17H,15H2,1H3/b24-16+. The Hall–Kier alpha value is -2.23. The zero-order chi connectivity index (χ0) is 18.4. The summed E-state index contributed by atoms with van der Waals surface area (Å²) in [5.41, 5.74) is 2.01. The molecule has 3 aromatic carbocycles. The monoisotopic (exact) mass is 381 g/mol. The third-order valence-electron chi connectivity index (χ3n) is 4.01. The Morgan fingerprint density at radius 2 is 1.54 bits per heavy atom. The average Bonchev–Trinajstić information content (AvgIpc) is 2.66. The molecule has 0 N–H and O–H groups in total. The second kappa shape index (κ2) is 8.93. The fraction of sp³-hybridized carbons (Fsp3) is 0.136. The summed E-state index contributed by atoms with van der Waals surface area (Å²) in [5.74, 6) is 0. The van der Waals surface area contributed by atoms with Crippen LogP contribution in [0.4, 0.5) is 0 Å². The van der Waals surface area contributed by atoms with Crippen molar-refractivity contribution in [3.05, 3.63) is 100 Å². The average molecular weight is 382 g/mol. The van der Waals surface area contributed by atoms with E-state index in [1.165, 1.54) is 4.90 Å².